The Morgan fingerprint density at radius 3 is 3.06 bits per heavy atom. The molecular weight excluding hydrogens is 214 g/mol. The number of imidazole rings is 1. The maximum atomic E-state index is 5.98. The molecule has 4 heteroatoms. The number of aromatic nitrogens is 2. The second-order valence-electron chi connectivity index (χ2n) is 5.38. The molecule has 2 rings (SSSR count). The molecule has 96 valence electrons. The summed E-state index contributed by atoms with van der Waals surface area (Å²) in [5, 5.41) is 3.28. The summed E-state index contributed by atoms with van der Waals surface area (Å²) in [6.07, 6.45) is 6.65. The average molecular weight is 237 g/mol. The maximum Gasteiger partial charge on any atom is 0.0950 e. The van der Waals surface area contributed by atoms with E-state index in [1.165, 1.54) is 0 Å². The monoisotopic (exact) mass is 237 g/mol. The van der Waals surface area contributed by atoms with Crippen LogP contribution in [0.25, 0.3) is 0 Å². The Hall–Kier alpha value is -0.870. The quantitative estimate of drug-likeness (QED) is 0.850. The normalized spacial score (nSPS) is 23.1. The Balaban J connectivity index is 1.85. The number of hydrogen-bond acceptors (Lipinski definition) is 3. The van der Waals surface area contributed by atoms with Gasteiger partial charge in [0.25, 0.3) is 0 Å². The summed E-state index contributed by atoms with van der Waals surface area (Å²) in [6.45, 7) is 9.18. The van der Waals surface area contributed by atoms with Crippen LogP contribution in [0.2, 0.25) is 0 Å². The van der Waals surface area contributed by atoms with Gasteiger partial charge in [0.15, 0.2) is 0 Å². The van der Waals surface area contributed by atoms with Crippen molar-refractivity contribution in [3.63, 3.8) is 0 Å². The summed E-state index contributed by atoms with van der Waals surface area (Å²) in [4.78, 5) is 4.38. The third-order valence-electron chi connectivity index (χ3n) is 3.21. The zero-order chi connectivity index (χ0) is 12.3. The minimum absolute atomic E-state index is 0.0534. The van der Waals surface area contributed by atoms with Crippen molar-refractivity contribution in [1.82, 2.24) is 14.9 Å². The van der Waals surface area contributed by atoms with Crippen LogP contribution >= 0.6 is 0 Å². The van der Waals surface area contributed by atoms with Gasteiger partial charge in [-0.15, -0.1) is 0 Å². The number of ether oxygens (including phenoxy) is 1. The second kappa shape index (κ2) is 5.19. The molecule has 0 aliphatic carbocycles. The smallest absolute Gasteiger partial charge is 0.0950 e. The standard InChI is InChI=1S/C13H23N3O/c1-4-14-7-11-8-16(10-15-11)9-12-5-6-13(2,3)17-12/h8,10,12,14H,4-7,9H2,1-3H3. The van der Waals surface area contributed by atoms with Crippen molar-refractivity contribution in [3.8, 4) is 0 Å². The number of nitrogens with one attached hydrogen (secondary N) is 1. The molecule has 2 heterocycles. The molecule has 1 atom stereocenters. The van der Waals surface area contributed by atoms with E-state index in [4.69, 9.17) is 4.74 Å². The van der Waals surface area contributed by atoms with Gasteiger partial charge in [0.1, 0.15) is 0 Å². The summed E-state index contributed by atoms with van der Waals surface area (Å²) < 4.78 is 8.12. The third-order valence-corrected chi connectivity index (χ3v) is 3.21. The average Bonchev–Trinajstić information content (AvgIpc) is 2.83. The predicted molar refractivity (Wildman–Crippen MR) is 67.8 cm³/mol. The lowest BCUT2D eigenvalue weighted by Gasteiger charge is -2.19. The Bertz CT molecular complexity index is 359. The van der Waals surface area contributed by atoms with E-state index in [9.17, 15) is 0 Å². The van der Waals surface area contributed by atoms with E-state index < -0.39 is 0 Å². The molecule has 1 unspecified atom stereocenters. The molecule has 1 N–H and O–H groups in total. The zero-order valence-corrected chi connectivity index (χ0v) is 11.1. The van der Waals surface area contributed by atoms with Crippen LogP contribution in [0.3, 0.4) is 0 Å². The van der Waals surface area contributed by atoms with Crippen LogP contribution in [0.5, 0.6) is 0 Å². The van der Waals surface area contributed by atoms with Gasteiger partial charge in [-0.25, -0.2) is 4.98 Å². The van der Waals surface area contributed by atoms with Crippen LogP contribution < -0.4 is 5.32 Å². The summed E-state index contributed by atoms with van der Waals surface area (Å²) in [7, 11) is 0. The number of rotatable bonds is 5. The van der Waals surface area contributed by atoms with Crippen molar-refractivity contribution in [2.75, 3.05) is 6.54 Å². The van der Waals surface area contributed by atoms with Gasteiger partial charge in [0.2, 0.25) is 0 Å². The van der Waals surface area contributed by atoms with Crippen LogP contribution in [-0.2, 0) is 17.8 Å². The Labute approximate surface area is 103 Å². The molecule has 4 nitrogen and oxygen atoms in total. The lowest BCUT2D eigenvalue weighted by Crippen LogP contribution is -2.22. The van der Waals surface area contributed by atoms with Gasteiger partial charge in [-0.1, -0.05) is 6.92 Å². The van der Waals surface area contributed by atoms with E-state index in [1.54, 1.807) is 0 Å². The summed E-state index contributed by atoms with van der Waals surface area (Å²) in [6, 6.07) is 0. The van der Waals surface area contributed by atoms with Gasteiger partial charge in [0, 0.05) is 19.3 Å². The molecule has 17 heavy (non-hydrogen) atoms. The molecule has 1 saturated heterocycles. The molecule has 1 aliphatic heterocycles. The van der Waals surface area contributed by atoms with E-state index in [-0.39, 0.29) is 5.60 Å². The van der Waals surface area contributed by atoms with Crippen LogP contribution in [0, 0.1) is 0 Å². The molecule has 1 aromatic heterocycles. The maximum absolute atomic E-state index is 5.98. The van der Waals surface area contributed by atoms with E-state index in [0.29, 0.717) is 6.10 Å². The van der Waals surface area contributed by atoms with Crippen molar-refractivity contribution < 1.29 is 4.74 Å². The van der Waals surface area contributed by atoms with Crippen molar-refractivity contribution >= 4 is 0 Å². The Morgan fingerprint density at radius 1 is 1.59 bits per heavy atom. The lowest BCUT2D eigenvalue weighted by atomic mass is 10.1. The first-order chi connectivity index (χ1) is 8.09. The fourth-order valence-corrected chi connectivity index (χ4v) is 2.29. The molecule has 0 aromatic carbocycles. The first-order valence-corrected chi connectivity index (χ1v) is 6.48. The van der Waals surface area contributed by atoms with Crippen molar-refractivity contribution in [1.29, 1.82) is 0 Å². The third kappa shape index (κ3) is 3.54. The predicted octanol–water partition coefficient (Wildman–Crippen LogP) is 1.95. The van der Waals surface area contributed by atoms with E-state index in [0.717, 1.165) is 38.2 Å². The first-order valence-electron chi connectivity index (χ1n) is 6.48. The molecule has 1 aromatic rings. The van der Waals surface area contributed by atoms with E-state index in [1.807, 2.05) is 6.33 Å². The molecular formula is C13H23N3O. The summed E-state index contributed by atoms with van der Waals surface area (Å²) in [5.74, 6) is 0. The molecule has 0 radical (unpaired) electrons. The van der Waals surface area contributed by atoms with E-state index >= 15 is 0 Å². The van der Waals surface area contributed by atoms with Crippen LogP contribution in [0.1, 0.15) is 39.3 Å². The van der Waals surface area contributed by atoms with E-state index in [2.05, 4.69) is 41.8 Å². The molecule has 0 spiro atoms. The number of nitrogens with zero attached hydrogens (tertiary/aromatic N) is 2. The first kappa shape index (κ1) is 12.6. The van der Waals surface area contributed by atoms with Gasteiger partial charge in [0.05, 0.1) is 23.7 Å². The highest BCUT2D eigenvalue weighted by atomic mass is 16.5. The molecule has 1 fully saturated rings. The van der Waals surface area contributed by atoms with Gasteiger partial charge in [-0.2, -0.15) is 0 Å². The number of hydrogen-bond donors (Lipinski definition) is 1. The summed E-state index contributed by atoms with van der Waals surface area (Å²) in [5.41, 5.74) is 1.15. The van der Waals surface area contributed by atoms with Crippen LogP contribution in [0.4, 0.5) is 0 Å². The molecule has 0 saturated carbocycles. The highest BCUT2D eigenvalue weighted by molar-refractivity contribution is 4.96. The van der Waals surface area contributed by atoms with Crippen molar-refractivity contribution in [3.05, 3.63) is 18.2 Å². The SMILES string of the molecule is CCNCc1cn(CC2CCC(C)(C)O2)cn1. The summed E-state index contributed by atoms with van der Waals surface area (Å²) >= 11 is 0. The minimum atomic E-state index is 0.0534. The highest BCUT2D eigenvalue weighted by Crippen LogP contribution is 2.29. The lowest BCUT2D eigenvalue weighted by molar-refractivity contribution is -0.0217. The molecule has 1 aliphatic rings. The molecule has 0 amide bonds. The second-order valence-corrected chi connectivity index (χ2v) is 5.38. The topological polar surface area (TPSA) is 39.1 Å². The zero-order valence-electron chi connectivity index (χ0n) is 11.1. The van der Waals surface area contributed by atoms with Gasteiger partial charge in [-0.05, 0) is 33.2 Å². The Morgan fingerprint density at radius 2 is 2.41 bits per heavy atom. The Kier molecular flexibility index (Phi) is 3.84. The van der Waals surface area contributed by atoms with Crippen LogP contribution in [0.15, 0.2) is 12.5 Å². The van der Waals surface area contributed by atoms with Gasteiger partial charge in [-0.3, -0.25) is 0 Å². The minimum Gasteiger partial charge on any atom is -0.370 e. The van der Waals surface area contributed by atoms with Crippen LogP contribution in [-0.4, -0.2) is 27.8 Å². The van der Waals surface area contributed by atoms with Crippen molar-refractivity contribution in [2.24, 2.45) is 0 Å². The fraction of sp³-hybridized carbons (Fsp3) is 0.769. The van der Waals surface area contributed by atoms with Gasteiger partial charge >= 0.3 is 0 Å². The fourth-order valence-electron chi connectivity index (χ4n) is 2.29. The highest BCUT2D eigenvalue weighted by Gasteiger charge is 2.31. The van der Waals surface area contributed by atoms with Gasteiger partial charge < -0.3 is 14.6 Å². The van der Waals surface area contributed by atoms with Crippen molar-refractivity contribution in [2.45, 2.75) is 58.4 Å². The molecule has 0 bridgehead atoms. The largest absolute Gasteiger partial charge is 0.370 e.